The Bertz CT molecular complexity index is 867. The summed E-state index contributed by atoms with van der Waals surface area (Å²) in [6, 6.07) is 10.9. The molecular formula is C14H9ClN4O2S. The Morgan fingerprint density at radius 1 is 1.32 bits per heavy atom. The lowest BCUT2D eigenvalue weighted by Crippen LogP contribution is -2.36. The molecule has 0 saturated heterocycles. The van der Waals surface area contributed by atoms with Gasteiger partial charge < -0.3 is 5.41 Å². The van der Waals surface area contributed by atoms with Crippen LogP contribution in [0, 0.1) is 11.3 Å². The molecule has 0 spiro atoms. The van der Waals surface area contributed by atoms with Crippen LogP contribution in [-0.2, 0) is 9.84 Å². The molecule has 0 amide bonds. The van der Waals surface area contributed by atoms with E-state index >= 15 is 0 Å². The van der Waals surface area contributed by atoms with Gasteiger partial charge in [-0.1, -0.05) is 29.8 Å². The Kier molecular flexibility index (Phi) is 4.68. The van der Waals surface area contributed by atoms with E-state index in [4.69, 9.17) is 22.3 Å². The molecule has 2 aromatic rings. The van der Waals surface area contributed by atoms with Crippen molar-refractivity contribution >= 4 is 33.0 Å². The van der Waals surface area contributed by atoms with Crippen molar-refractivity contribution in [1.29, 1.82) is 5.26 Å². The van der Waals surface area contributed by atoms with E-state index in [1.54, 1.807) is 30.1 Å². The molecule has 1 aromatic heterocycles. The lowest BCUT2D eigenvalue weighted by atomic mass is 10.3. The van der Waals surface area contributed by atoms with Gasteiger partial charge in [-0.3, -0.25) is 0 Å². The highest BCUT2D eigenvalue weighted by Gasteiger charge is 2.28. The molecule has 0 radical (unpaired) electrons. The summed E-state index contributed by atoms with van der Waals surface area (Å²) in [7, 11) is -3.76. The first-order chi connectivity index (χ1) is 10.5. The van der Waals surface area contributed by atoms with Crippen molar-refractivity contribution in [3.63, 3.8) is 0 Å². The van der Waals surface area contributed by atoms with Gasteiger partial charge in [-0.25, -0.2) is 8.42 Å². The van der Waals surface area contributed by atoms with Crippen LogP contribution in [0.5, 0.6) is 0 Å². The molecule has 110 valence electrons. The number of nitriles is 1. The number of alkyl halides is 1. The highest BCUT2D eigenvalue weighted by atomic mass is 35.5. The van der Waals surface area contributed by atoms with Crippen LogP contribution in [0.4, 0.5) is 0 Å². The van der Waals surface area contributed by atoms with Crippen LogP contribution in [0.1, 0.15) is 10.3 Å². The number of hydrogen-bond acceptors (Lipinski definition) is 4. The van der Waals surface area contributed by atoms with E-state index in [9.17, 15) is 8.42 Å². The molecule has 0 bridgehead atoms. The van der Waals surface area contributed by atoms with Gasteiger partial charge in [-0.2, -0.15) is 11.1 Å². The van der Waals surface area contributed by atoms with Crippen LogP contribution in [0.25, 0.3) is 11.1 Å². The van der Waals surface area contributed by atoms with Gasteiger partial charge in [0.1, 0.15) is 6.20 Å². The van der Waals surface area contributed by atoms with Crippen molar-refractivity contribution in [2.75, 3.05) is 0 Å². The third kappa shape index (κ3) is 3.05. The number of halogens is 1. The van der Waals surface area contributed by atoms with Gasteiger partial charge in [0.25, 0.3) is 0 Å². The van der Waals surface area contributed by atoms with Gasteiger partial charge in [0, 0.05) is 11.6 Å². The maximum Gasteiger partial charge on any atom is 0.335 e. The SMILES string of the molecule is N#CC(=C=[N-])[n+]1ccc(C(Cl)S(=O)(=O)c2ccccc2)cn1. The fourth-order valence-electron chi connectivity index (χ4n) is 1.67. The van der Waals surface area contributed by atoms with Gasteiger partial charge in [-0.15, -0.1) is 0 Å². The second-order valence-corrected chi connectivity index (χ2v) is 6.88. The van der Waals surface area contributed by atoms with Gasteiger partial charge in [0.05, 0.1) is 4.90 Å². The van der Waals surface area contributed by atoms with E-state index < -0.39 is 14.5 Å². The van der Waals surface area contributed by atoms with E-state index in [2.05, 4.69) is 5.10 Å². The molecule has 0 saturated carbocycles. The van der Waals surface area contributed by atoms with Crippen LogP contribution >= 0.6 is 11.6 Å². The Morgan fingerprint density at radius 2 is 2.00 bits per heavy atom. The number of allylic oxidation sites excluding steroid dienone is 1. The van der Waals surface area contributed by atoms with Crippen molar-refractivity contribution in [1.82, 2.24) is 5.10 Å². The summed E-state index contributed by atoms with van der Waals surface area (Å²) in [6.07, 6.45) is 2.53. The smallest absolute Gasteiger partial charge is 0.335 e. The standard InChI is InChI=1S/C14H9ClN4O2S/c15-14(22(20,21)13-4-2-1-3-5-13)11-6-7-19(18-10-11)12(8-16)9-17/h1-7,10,14H. The first-order valence-electron chi connectivity index (χ1n) is 5.99. The minimum absolute atomic E-state index is 0.105. The third-order valence-electron chi connectivity index (χ3n) is 2.79. The molecule has 0 fully saturated rings. The molecule has 8 heteroatoms. The van der Waals surface area contributed by atoms with E-state index in [1.807, 2.05) is 0 Å². The minimum atomic E-state index is -3.76. The minimum Gasteiger partial charge on any atom is -0.757 e. The molecule has 22 heavy (non-hydrogen) atoms. The molecule has 1 unspecified atom stereocenters. The second-order valence-electron chi connectivity index (χ2n) is 4.15. The summed E-state index contributed by atoms with van der Waals surface area (Å²) in [5, 5.41) is 21.3. The maximum atomic E-state index is 12.4. The second kappa shape index (κ2) is 6.50. The van der Waals surface area contributed by atoms with Crippen molar-refractivity contribution in [3.05, 3.63) is 59.8 Å². The molecular weight excluding hydrogens is 324 g/mol. The zero-order valence-corrected chi connectivity index (χ0v) is 12.7. The molecule has 0 N–H and O–H groups in total. The normalized spacial score (nSPS) is 12.0. The topological polar surface area (TPSA) is 97.0 Å². The van der Waals surface area contributed by atoms with E-state index in [1.165, 1.54) is 30.6 Å². The monoisotopic (exact) mass is 332 g/mol. The predicted octanol–water partition coefficient (Wildman–Crippen LogP) is 1.68. The first kappa shape index (κ1) is 15.9. The van der Waals surface area contributed by atoms with E-state index in [0.717, 1.165) is 4.68 Å². The number of nitrogens with zero attached hydrogens (tertiary/aromatic N) is 4. The lowest BCUT2D eigenvalue weighted by Gasteiger charge is -2.10. The number of sulfone groups is 1. The van der Waals surface area contributed by atoms with E-state index in [0.29, 0.717) is 0 Å². The molecule has 0 aliphatic carbocycles. The van der Waals surface area contributed by atoms with Gasteiger partial charge in [0.2, 0.25) is 6.20 Å². The van der Waals surface area contributed by atoms with Gasteiger partial charge >= 0.3 is 5.70 Å². The van der Waals surface area contributed by atoms with Crippen LogP contribution in [0.2, 0.25) is 0 Å². The highest BCUT2D eigenvalue weighted by Crippen LogP contribution is 2.31. The summed E-state index contributed by atoms with van der Waals surface area (Å²) in [5.74, 6) is 1.68. The molecule has 0 aliphatic rings. The van der Waals surface area contributed by atoms with Crippen molar-refractivity contribution in [2.24, 2.45) is 0 Å². The van der Waals surface area contributed by atoms with Crippen LogP contribution in [0.15, 0.2) is 53.7 Å². The number of rotatable bonds is 4. The zero-order chi connectivity index (χ0) is 16.2. The Morgan fingerprint density at radius 3 is 2.50 bits per heavy atom. The lowest BCUT2D eigenvalue weighted by molar-refractivity contribution is -0.641. The molecule has 1 atom stereocenters. The summed E-state index contributed by atoms with van der Waals surface area (Å²) in [5.41, 5.74) is 0.0144. The first-order valence-corrected chi connectivity index (χ1v) is 7.97. The van der Waals surface area contributed by atoms with Crippen LogP contribution < -0.4 is 4.68 Å². The van der Waals surface area contributed by atoms with Gasteiger partial charge in [-0.05, 0) is 21.9 Å². The number of aromatic nitrogens is 2. The molecule has 0 aliphatic heterocycles. The summed E-state index contributed by atoms with van der Waals surface area (Å²) in [4.78, 5) is 0.105. The van der Waals surface area contributed by atoms with Crippen molar-refractivity contribution < 1.29 is 13.1 Å². The summed E-state index contributed by atoms with van der Waals surface area (Å²) in [6.45, 7) is 0. The highest BCUT2D eigenvalue weighted by molar-refractivity contribution is 7.92. The van der Waals surface area contributed by atoms with Gasteiger partial charge in [0.15, 0.2) is 20.6 Å². The quantitative estimate of drug-likeness (QED) is 0.368. The average molecular weight is 333 g/mol. The largest absolute Gasteiger partial charge is 0.757 e. The zero-order valence-electron chi connectivity index (χ0n) is 11.1. The Labute approximate surface area is 132 Å². The molecule has 6 nitrogen and oxygen atoms in total. The number of benzene rings is 1. The van der Waals surface area contributed by atoms with Crippen molar-refractivity contribution in [2.45, 2.75) is 9.60 Å². The van der Waals surface area contributed by atoms with Crippen LogP contribution in [0.3, 0.4) is 0 Å². The summed E-state index contributed by atoms with van der Waals surface area (Å²) >= 11 is 6.06. The maximum absolute atomic E-state index is 12.4. The average Bonchev–Trinajstić information content (AvgIpc) is 2.57. The molecule has 1 aromatic carbocycles. The molecule has 1 heterocycles. The van der Waals surface area contributed by atoms with E-state index in [-0.39, 0.29) is 16.2 Å². The molecule has 2 rings (SSSR count). The predicted molar refractivity (Wildman–Crippen MR) is 80.3 cm³/mol. The number of hydrogen-bond donors (Lipinski definition) is 0. The third-order valence-corrected chi connectivity index (χ3v) is 5.49. The fraction of sp³-hybridized carbons (Fsp3) is 0.0714. The van der Waals surface area contributed by atoms with Crippen LogP contribution in [-0.4, -0.2) is 19.4 Å². The summed E-state index contributed by atoms with van der Waals surface area (Å²) < 4.78 is 24.5. The van der Waals surface area contributed by atoms with Crippen molar-refractivity contribution in [3.8, 4) is 6.07 Å². The Hall–Kier alpha value is -2.52. The Balaban J connectivity index is 2.37. The fourth-order valence-corrected chi connectivity index (χ4v) is 3.38.